The van der Waals surface area contributed by atoms with Crippen molar-refractivity contribution in [3.05, 3.63) is 18.2 Å². The van der Waals surface area contributed by atoms with Crippen LogP contribution in [-0.2, 0) is 0 Å². The maximum Gasteiger partial charge on any atom is 0.319 e. The summed E-state index contributed by atoms with van der Waals surface area (Å²) in [7, 11) is 0. The number of rotatable bonds is 2. The summed E-state index contributed by atoms with van der Waals surface area (Å²) >= 11 is 1.08. The number of ether oxygens (including phenoxy) is 3. The van der Waals surface area contributed by atoms with Gasteiger partial charge in [0, 0.05) is 17.6 Å². The molecule has 0 atom stereocenters. The van der Waals surface area contributed by atoms with E-state index in [2.05, 4.69) is 14.8 Å². The highest BCUT2D eigenvalue weighted by atomic mass is 32.1. The highest BCUT2D eigenvalue weighted by Gasteiger charge is 2.14. The van der Waals surface area contributed by atoms with Gasteiger partial charge in [-0.15, -0.1) is 0 Å². The summed E-state index contributed by atoms with van der Waals surface area (Å²) in [5.41, 5.74) is 0. The highest BCUT2D eigenvalue weighted by molar-refractivity contribution is 7.07. The first-order chi connectivity index (χ1) is 7.42. The molecule has 76 valence electrons. The second-order valence-electron chi connectivity index (χ2n) is 2.75. The zero-order valence-electron chi connectivity index (χ0n) is 7.41. The van der Waals surface area contributed by atoms with Crippen molar-refractivity contribution in [3.63, 3.8) is 0 Å². The molecule has 0 aliphatic carbocycles. The Morgan fingerprint density at radius 1 is 1.27 bits per heavy atom. The molecule has 1 aromatic carbocycles. The van der Waals surface area contributed by atoms with Crippen LogP contribution in [0.5, 0.6) is 22.4 Å². The lowest BCUT2D eigenvalue weighted by Crippen LogP contribution is -1.92. The van der Waals surface area contributed by atoms with E-state index in [4.69, 9.17) is 14.2 Å². The molecule has 15 heavy (non-hydrogen) atoms. The van der Waals surface area contributed by atoms with E-state index >= 15 is 0 Å². The number of benzene rings is 1. The first-order valence-corrected chi connectivity index (χ1v) is 4.92. The Kier molecular flexibility index (Phi) is 1.88. The number of aromatic nitrogens is 3. The molecule has 2 heterocycles. The molecule has 2 aromatic rings. The molecule has 6 nitrogen and oxygen atoms in total. The monoisotopic (exact) mass is 223 g/mol. The first-order valence-electron chi connectivity index (χ1n) is 4.14. The predicted molar refractivity (Wildman–Crippen MR) is 50.3 cm³/mol. The van der Waals surface area contributed by atoms with Gasteiger partial charge in [0.1, 0.15) is 5.75 Å². The van der Waals surface area contributed by atoms with Crippen LogP contribution in [0.4, 0.5) is 0 Å². The summed E-state index contributed by atoms with van der Waals surface area (Å²) in [5.74, 6) is 2.01. The molecule has 3 rings (SSSR count). The van der Waals surface area contributed by atoms with Gasteiger partial charge in [0.25, 0.3) is 0 Å². The van der Waals surface area contributed by atoms with Crippen LogP contribution in [0.25, 0.3) is 0 Å². The van der Waals surface area contributed by atoms with E-state index in [0.717, 1.165) is 17.3 Å². The zero-order valence-corrected chi connectivity index (χ0v) is 8.23. The van der Waals surface area contributed by atoms with Crippen molar-refractivity contribution in [1.29, 1.82) is 0 Å². The number of hydrogen-bond acceptors (Lipinski definition) is 7. The summed E-state index contributed by atoms with van der Waals surface area (Å²) in [6.07, 6.45) is 0. The molecule has 1 aliphatic rings. The molecule has 0 saturated heterocycles. The van der Waals surface area contributed by atoms with Gasteiger partial charge in [-0.05, 0) is 17.3 Å². The number of fused-ring (bicyclic) bond motifs is 1. The molecule has 0 bridgehead atoms. The maximum atomic E-state index is 5.39. The van der Waals surface area contributed by atoms with E-state index in [-0.39, 0.29) is 6.79 Å². The van der Waals surface area contributed by atoms with E-state index in [1.54, 1.807) is 18.2 Å². The van der Waals surface area contributed by atoms with Crippen molar-refractivity contribution >= 4 is 11.5 Å². The molecule has 0 unspecified atom stereocenters. The molecule has 0 saturated carbocycles. The topological polar surface area (TPSA) is 66.4 Å². The second-order valence-corrected chi connectivity index (χ2v) is 3.44. The van der Waals surface area contributed by atoms with E-state index in [1.165, 1.54) is 0 Å². The minimum atomic E-state index is 0.249. The van der Waals surface area contributed by atoms with Crippen molar-refractivity contribution in [1.82, 2.24) is 14.8 Å². The predicted octanol–water partition coefficient (Wildman–Crippen LogP) is 1.45. The fourth-order valence-corrected chi connectivity index (χ4v) is 1.56. The standard InChI is InChI=1S/C8H5N3O3S/c1-2-6-7(13-4-12-6)3-5(1)14-8-9-10-11-15-8/h1-3H,4H2. The highest BCUT2D eigenvalue weighted by Crippen LogP contribution is 2.36. The van der Waals surface area contributed by atoms with Crippen LogP contribution >= 0.6 is 11.5 Å². The molecular weight excluding hydrogens is 218 g/mol. The second kappa shape index (κ2) is 3.35. The van der Waals surface area contributed by atoms with E-state index in [1.807, 2.05) is 0 Å². The number of nitrogens with zero attached hydrogens (tertiary/aromatic N) is 3. The first kappa shape index (κ1) is 8.42. The van der Waals surface area contributed by atoms with Gasteiger partial charge < -0.3 is 14.2 Å². The van der Waals surface area contributed by atoms with Gasteiger partial charge in [-0.25, -0.2) is 0 Å². The third-order valence-electron chi connectivity index (χ3n) is 1.83. The minimum Gasteiger partial charge on any atom is -0.454 e. The summed E-state index contributed by atoms with van der Waals surface area (Å²) in [6, 6.07) is 5.30. The Labute approximate surface area is 88.6 Å². The summed E-state index contributed by atoms with van der Waals surface area (Å²) in [6.45, 7) is 0.249. The van der Waals surface area contributed by atoms with Crippen molar-refractivity contribution in [2.24, 2.45) is 0 Å². The average molecular weight is 223 g/mol. The van der Waals surface area contributed by atoms with E-state index < -0.39 is 0 Å². The van der Waals surface area contributed by atoms with Crippen molar-refractivity contribution < 1.29 is 14.2 Å². The molecule has 0 amide bonds. The summed E-state index contributed by atoms with van der Waals surface area (Å²) in [5, 5.41) is 7.49. The molecule has 1 aromatic heterocycles. The van der Waals surface area contributed by atoms with E-state index in [0.29, 0.717) is 16.7 Å². The van der Waals surface area contributed by atoms with Crippen molar-refractivity contribution in [3.8, 4) is 22.4 Å². The molecule has 7 heteroatoms. The molecule has 0 radical (unpaired) electrons. The SMILES string of the molecule is c1cc2c(cc1Oc1nnns1)OCO2. The Bertz CT molecular complexity index is 474. The Morgan fingerprint density at radius 3 is 3.07 bits per heavy atom. The Hall–Kier alpha value is -1.89. The van der Waals surface area contributed by atoms with Gasteiger partial charge in [0.05, 0.1) is 0 Å². The van der Waals surface area contributed by atoms with Gasteiger partial charge in [0.15, 0.2) is 11.5 Å². The van der Waals surface area contributed by atoms with Crippen LogP contribution in [0, 0.1) is 0 Å². The molecule has 1 aliphatic heterocycles. The average Bonchev–Trinajstić information content (AvgIpc) is 2.87. The van der Waals surface area contributed by atoms with E-state index in [9.17, 15) is 0 Å². The minimum absolute atomic E-state index is 0.249. The van der Waals surface area contributed by atoms with Gasteiger partial charge in [-0.1, -0.05) is 9.59 Å². The lowest BCUT2D eigenvalue weighted by Gasteiger charge is -2.01. The van der Waals surface area contributed by atoms with Gasteiger partial charge in [-0.2, -0.15) is 0 Å². The lowest BCUT2D eigenvalue weighted by molar-refractivity contribution is 0.174. The van der Waals surface area contributed by atoms with Crippen LogP contribution in [0.2, 0.25) is 0 Å². The van der Waals surface area contributed by atoms with Crippen LogP contribution in [-0.4, -0.2) is 21.6 Å². The molecular formula is C8H5N3O3S. The summed E-state index contributed by atoms with van der Waals surface area (Å²) < 4.78 is 19.4. The third-order valence-corrected chi connectivity index (χ3v) is 2.31. The molecule has 0 fully saturated rings. The van der Waals surface area contributed by atoms with Crippen LogP contribution in [0.15, 0.2) is 18.2 Å². The maximum absolute atomic E-state index is 5.39. The quantitative estimate of drug-likeness (QED) is 0.767. The lowest BCUT2D eigenvalue weighted by atomic mass is 10.3. The van der Waals surface area contributed by atoms with Gasteiger partial charge >= 0.3 is 5.19 Å². The summed E-state index contributed by atoms with van der Waals surface area (Å²) in [4.78, 5) is 0. The van der Waals surface area contributed by atoms with Crippen LogP contribution < -0.4 is 14.2 Å². The fraction of sp³-hybridized carbons (Fsp3) is 0.125. The Balaban J connectivity index is 1.87. The molecule has 0 spiro atoms. The third kappa shape index (κ3) is 1.57. The fourth-order valence-electron chi connectivity index (χ4n) is 1.21. The Morgan fingerprint density at radius 2 is 2.20 bits per heavy atom. The van der Waals surface area contributed by atoms with Crippen LogP contribution in [0.1, 0.15) is 0 Å². The number of hydrogen-bond donors (Lipinski definition) is 0. The molecule has 0 N–H and O–H groups in total. The largest absolute Gasteiger partial charge is 0.454 e. The normalized spacial score (nSPS) is 12.8. The van der Waals surface area contributed by atoms with Crippen LogP contribution in [0.3, 0.4) is 0 Å². The van der Waals surface area contributed by atoms with Crippen molar-refractivity contribution in [2.45, 2.75) is 0 Å². The smallest absolute Gasteiger partial charge is 0.319 e. The van der Waals surface area contributed by atoms with Crippen molar-refractivity contribution in [2.75, 3.05) is 6.79 Å². The van der Waals surface area contributed by atoms with Gasteiger partial charge in [0.2, 0.25) is 6.79 Å². The van der Waals surface area contributed by atoms with Gasteiger partial charge in [-0.3, -0.25) is 0 Å². The zero-order chi connectivity index (χ0) is 10.1.